The van der Waals surface area contributed by atoms with Crippen LogP contribution in [0.4, 0.5) is 10.5 Å². The third-order valence-corrected chi connectivity index (χ3v) is 5.07. The second-order valence-electron chi connectivity index (χ2n) is 7.15. The van der Waals surface area contributed by atoms with Crippen LogP contribution in [0, 0.1) is 0 Å². The Bertz CT molecular complexity index is 696. The van der Waals surface area contributed by atoms with Crippen molar-refractivity contribution in [2.24, 2.45) is 0 Å². The number of ether oxygens (including phenoxy) is 2. The summed E-state index contributed by atoms with van der Waals surface area (Å²) >= 11 is 0. The highest BCUT2D eigenvalue weighted by Gasteiger charge is 2.17. The zero-order chi connectivity index (χ0) is 19.8. The van der Waals surface area contributed by atoms with Gasteiger partial charge in [-0.15, -0.1) is 0 Å². The van der Waals surface area contributed by atoms with Gasteiger partial charge in [0, 0.05) is 24.8 Å². The summed E-state index contributed by atoms with van der Waals surface area (Å²) in [5, 5.41) is 5.81. The Labute approximate surface area is 166 Å². The van der Waals surface area contributed by atoms with Crippen LogP contribution in [0.15, 0.2) is 35.9 Å². The zero-order valence-corrected chi connectivity index (χ0v) is 16.4. The van der Waals surface area contributed by atoms with E-state index in [9.17, 15) is 9.59 Å². The number of urea groups is 1. The summed E-state index contributed by atoms with van der Waals surface area (Å²) in [7, 11) is 0. The fraction of sp³-hybridized carbons (Fsp3) is 0.524. The van der Waals surface area contributed by atoms with Crippen LogP contribution < -0.4 is 15.4 Å². The number of amides is 3. The van der Waals surface area contributed by atoms with E-state index in [1.54, 1.807) is 29.2 Å². The van der Waals surface area contributed by atoms with Crippen molar-refractivity contribution in [2.45, 2.75) is 38.6 Å². The minimum Gasteiger partial charge on any atom is -0.484 e. The number of nitrogens with zero attached hydrogens (tertiary/aromatic N) is 1. The van der Waals surface area contributed by atoms with Crippen molar-refractivity contribution in [3.63, 3.8) is 0 Å². The van der Waals surface area contributed by atoms with Crippen LogP contribution in [0.1, 0.15) is 32.6 Å². The summed E-state index contributed by atoms with van der Waals surface area (Å²) in [5.74, 6) is 0.546. The predicted octanol–water partition coefficient (Wildman–Crippen LogP) is 2.93. The van der Waals surface area contributed by atoms with Gasteiger partial charge in [-0.2, -0.15) is 0 Å². The fourth-order valence-electron chi connectivity index (χ4n) is 3.40. The molecule has 0 unspecified atom stereocenters. The van der Waals surface area contributed by atoms with Gasteiger partial charge in [0.05, 0.1) is 13.2 Å². The first-order valence-electron chi connectivity index (χ1n) is 9.96. The van der Waals surface area contributed by atoms with E-state index < -0.39 is 0 Å². The summed E-state index contributed by atoms with van der Waals surface area (Å²) in [5.41, 5.74) is 1.98. The van der Waals surface area contributed by atoms with Gasteiger partial charge in [-0.25, -0.2) is 4.79 Å². The van der Waals surface area contributed by atoms with Crippen molar-refractivity contribution in [1.82, 2.24) is 10.2 Å². The third kappa shape index (κ3) is 5.99. The van der Waals surface area contributed by atoms with Crippen LogP contribution in [0.2, 0.25) is 0 Å². The van der Waals surface area contributed by atoms with Gasteiger partial charge in [-0.1, -0.05) is 11.6 Å². The standard InChI is InChI=1S/C21H29N3O4/c1-16(17-5-3-2-4-6-17)22-21(26)23-18-7-9-19(10-8-18)28-15-20(25)24-11-13-27-14-12-24/h5,7-10,16H,2-4,6,11-15H2,1H3,(H2,22,23,26)/t16-/m1/s1. The highest BCUT2D eigenvalue weighted by Crippen LogP contribution is 2.20. The fourth-order valence-corrected chi connectivity index (χ4v) is 3.40. The Hall–Kier alpha value is -2.54. The molecule has 0 bridgehead atoms. The Balaban J connectivity index is 1.42. The molecular formula is C21H29N3O4. The molecule has 1 fully saturated rings. The predicted molar refractivity (Wildman–Crippen MR) is 108 cm³/mol. The topological polar surface area (TPSA) is 79.9 Å². The first-order chi connectivity index (χ1) is 13.6. The number of anilines is 1. The molecule has 3 amide bonds. The second-order valence-corrected chi connectivity index (χ2v) is 7.15. The van der Waals surface area contributed by atoms with Gasteiger partial charge in [0.25, 0.3) is 5.91 Å². The lowest BCUT2D eigenvalue weighted by molar-refractivity contribution is -0.137. The van der Waals surface area contributed by atoms with Gasteiger partial charge in [0.2, 0.25) is 0 Å². The smallest absolute Gasteiger partial charge is 0.319 e. The Morgan fingerprint density at radius 1 is 1.18 bits per heavy atom. The molecule has 28 heavy (non-hydrogen) atoms. The summed E-state index contributed by atoms with van der Waals surface area (Å²) in [6.07, 6.45) is 6.80. The highest BCUT2D eigenvalue weighted by molar-refractivity contribution is 5.89. The Morgan fingerprint density at radius 3 is 2.61 bits per heavy atom. The van der Waals surface area contributed by atoms with Crippen molar-refractivity contribution < 1.29 is 19.1 Å². The molecule has 1 aromatic carbocycles. The zero-order valence-electron chi connectivity index (χ0n) is 16.4. The number of carbonyl (C=O) groups excluding carboxylic acids is 2. The molecule has 0 aromatic heterocycles. The van der Waals surface area contributed by atoms with Crippen molar-refractivity contribution >= 4 is 17.6 Å². The van der Waals surface area contributed by atoms with Crippen LogP contribution in [0.5, 0.6) is 5.75 Å². The monoisotopic (exact) mass is 387 g/mol. The van der Waals surface area contributed by atoms with E-state index in [4.69, 9.17) is 9.47 Å². The van der Waals surface area contributed by atoms with E-state index >= 15 is 0 Å². The summed E-state index contributed by atoms with van der Waals surface area (Å²) in [6.45, 7) is 4.37. The van der Waals surface area contributed by atoms with Crippen LogP contribution in [-0.4, -0.2) is 55.8 Å². The van der Waals surface area contributed by atoms with Crippen LogP contribution in [-0.2, 0) is 9.53 Å². The molecule has 7 heteroatoms. The molecule has 152 valence electrons. The van der Waals surface area contributed by atoms with Gasteiger partial charge in [0.15, 0.2) is 6.61 Å². The number of hydrogen-bond donors (Lipinski definition) is 2. The molecule has 1 aliphatic heterocycles. The van der Waals surface area contributed by atoms with E-state index in [1.807, 2.05) is 6.92 Å². The maximum Gasteiger partial charge on any atom is 0.319 e. The van der Waals surface area contributed by atoms with Gasteiger partial charge in [-0.3, -0.25) is 4.79 Å². The molecule has 0 spiro atoms. The van der Waals surface area contributed by atoms with E-state index in [0.717, 1.165) is 12.8 Å². The van der Waals surface area contributed by atoms with E-state index in [2.05, 4.69) is 16.7 Å². The number of benzene rings is 1. The minimum absolute atomic E-state index is 0.000111. The summed E-state index contributed by atoms with van der Waals surface area (Å²) < 4.78 is 10.8. The first kappa shape index (κ1) is 20.2. The largest absolute Gasteiger partial charge is 0.484 e. The first-order valence-corrected chi connectivity index (χ1v) is 9.96. The third-order valence-electron chi connectivity index (χ3n) is 5.07. The van der Waals surface area contributed by atoms with Gasteiger partial charge >= 0.3 is 6.03 Å². The second kappa shape index (κ2) is 10.1. The van der Waals surface area contributed by atoms with Crippen LogP contribution in [0.3, 0.4) is 0 Å². The van der Waals surface area contributed by atoms with Crippen molar-refractivity contribution in [3.8, 4) is 5.75 Å². The van der Waals surface area contributed by atoms with Gasteiger partial charge in [-0.05, 0) is 56.9 Å². The molecule has 0 saturated carbocycles. The van der Waals surface area contributed by atoms with E-state index in [-0.39, 0.29) is 24.6 Å². The summed E-state index contributed by atoms with van der Waals surface area (Å²) in [6, 6.07) is 6.83. The lowest BCUT2D eigenvalue weighted by atomic mass is 9.95. The van der Waals surface area contributed by atoms with E-state index in [1.165, 1.54) is 18.4 Å². The Kier molecular flexibility index (Phi) is 7.31. The molecule has 2 N–H and O–H groups in total. The average Bonchev–Trinajstić information content (AvgIpc) is 2.74. The van der Waals surface area contributed by atoms with Crippen molar-refractivity contribution in [1.29, 1.82) is 0 Å². The number of rotatable bonds is 6. The quantitative estimate of drug-likeness (QED) is 0.736. The molecule has 2 aliphatic rings. The molecule has 3 rings (SSSR count). The summed E-state index contributed by atoms with van der Waals surface area (Å²) in [4.78, 5) is 26.0. The van der Waals surface area contributed by atoms with Crippen molar-refractivity contribution in [3.05, 3.63) is 35.9 Å². The highest BCUT2D eigenvalue weighted by atomic mass is 16.5. The molecule has 1 aliphatic carbocycles. The Morgan fingerprint density at radius 2 is 1.93 bits per heavy atom. The van der Waals surface area contributed by atoms with Crippen LogP contribution in [0.25, 0.3) is 0 Å². The van der Waals surface area contributed by atoms with Crippen LogP contribution >= 0.6 is 0 Å². The van der Waals surface area contributed by atoms with E-state index in [0.29, 0.717) is 37.7 Å². The molecule has 1 atom stereocenters. The molecule has 1 saturated heterocycles. The number of allylic oxidation sites excluding steroid dienone is 1. The maximum atomic E-state index is 12.2. The molecular weight excluding hydrogens is 358 g/mol. The van der Waals surface area contributed by atoms with Crippen molar-refractivity contribution in [2.75, 3.05) is 38.2 Å². The molecule has 7 nitrogen and oxygen atoms in total. The molecule has 0 radical (unpaired) electrons. The number of nitrogens with one attached hydrogen (secondary N) is 2. The average molecular weight is 387 g/mol. The lowest BCUT2D eigenvalue weighted by Gasteiger charge is -2.26. The minimum atomic E-state index is -0.227. The van der Waals surface area contributed by atoms with Gasteiger partial charge < -0.3 is 25.0 Å². The number of carbonyl (C=O) groups is 2. The normalized spacial score (nSPS) is 18.0. The number of hydrogen-bond acceptors (Lipinski definition) is 4. The lowest BCUT2D eigenvalue weighted by Crippen LogP contribution is -2.42. The SMILES string of the molecule is C[C@@H](NC(=O)Nc1ccc(OCC(=O)N2CCOCC2)cc1)C1=CCCCC1. The maximum absolute atomic E-state index is 12.2. The number of morpholine rings is 1. The molecule has 1 aromatic rings. The molecule has 1 heterocycles. The van der Waals surface area contributed by atoms with Gasteiger partial charge in [0.1, 0.15) is 5.75 Å².